The Morgan fingerprint density at radius 1 is 0.636 bits per heavy atom. The summed E-state index contributed by atoms with van der Waals surface area (Å²) in [5.41, 5.74) is 0. The van der Waals surface area contributed by atoms with Crippen molar-refractivity contribution in [3.05, 3.63) is 10.4 Å². The van der Waals surface area contributed by atoms with E-state index in [0.717, 1.165) is 0 Å². The molecular formula is C6H13ClN2O2. The number of rotatable bonds is 0. The minimum Gasteiger partial charge on any atom is -0.632 e. The molecule has 3 aliphatic heterocycles. The zero-order chi connectivity index (χ0) is 7.24. The SMILES string of the molecule is Cl.[O-][N+]12CC[N+]([O-])(CC1)CC2. The van der Waals surface area contributed by atoms with Crippen LogP contribution >= 0.6 is 12.4 Å². The molecule has 4 nitrogen and oxygen atoms in total. The summed E-state index contributed by atoms with van der Waals surface area (Å²) < 4.78 is -0.190. The standard InChI is InChI=1S/C6H12N2O2.ClH/c9-7-1-2-8(10,5-3-7)6-4-7;/h1-6H2;1H. The van der Waals surface area contributed by atoms with Gasteiger partial charge in [-0.3, -0.25) is 0 Å². The molecule has 0 amide bonds. The van der Waals surface area contributed by atoms with E-state index in [2.05, 4.69) is 0 Å². The van der Waals surface area contributed by atoms with E-state index in [-0.39, 0.29) is 21.7 Å². The van der Waals surface area contributed by atoms with Gasteiger partial charge in [0.1, 0.15) is 39.3 Å². The van der Waals surface area contributed by atoms with Gasteiger partial charge in [0.15, 0.2) is 0 Å². The molecule has 0 saturated carbocycles. The van der Waals surface area contributed by atoms with Crippen LogP contribution in [0.2, 0.25) is 0 Å². The average Bonchev–Trinajstić information content (AvgIpc) is 1.93. The minimum atomic E-state index is -0.0950. The zero-order valence-corrected chi connectivity index (χ0v) is 7.18. The van der Waals surface area contributed by atoms with Crippen LogP contribution in [0.3, 0.4) is 0 Å². The van der Waals surface area contributed by atoms with Crippen molar-refractivity contribution in [1.82, 2.24) is 0 Å². The zero-order valence-electron chi connectivity index (χ0n) is 6.36. The van der Waals surface area contributed by atoms with Crippen LogP contribution in [0.15, 0.2) is 0 Å². The fourth-order valence-corrected chi connectivity index (χ4v) is 1.76. The summed E-state index contributed by atoms with van der Waals surface area (Å²) in [6.07, 6.45) is 0. The van der Waals surface area contributed by atoms with Crippen molar-refractivity contribution < 1.29 is 9.29 Å². The Balaban J connectivity index is 0.000000605. The number of hydrogen-bond acceptors (Lipinski definition) is 2. The van der Waals surface area contributed by atoms with Crippen LogP contribution < -0.4 is 0 Å². The van der Waals surface area contributed by atoms with Gasteiger partial charge in [0.25, 0.3) is 0 Å². The third-order valence-electron chi connectivity index (χ3n) is 2.75. The molecule has 0 aliphatic carbocycles. The Labute approximate surface area is 72.1 Å². The molecule has 2 bridgehead atoms. The summed E-state index contributed by atoms with van der Waals surface area (Å²) in [7, 11) is 0. The van der Waals surface area contributed by atoms with Crippen LogP contribution in [-0.4, -0.2) is 48.6 Å². The molecule has 0 spiro atoms. The third-order valence-corrected chi connectivity index (χ3v) is 2.75. The molecule has 3 fully saturated rings. The molecular weight excluding hydrogens is 168 g/mol. The first-order valence-electron chi connectivity index (χ1n) is 3.76. The lowest BCUT2D eigenvalue weighted by atomic mass is 10.2. The highest BCUT2D eigenvalue weighted by atomic mass is 35.5. The largest absolute Gasteiger partial charge is 0.632 e. The number of halogens is 1. The van der Waals surface area contributed by atoms with Crippen LogP contribution in [0, 0.1) is 10.4 Å². The molecule has 66 valence electrons. The molecule has 3 heterocycles. The maximum Gasteiger partial charge on any atom is 0.129 e. The lowest BCUT2D eigenvalue weighted by molar-refractivity contribution is -1.04. The van der Waals surface area contributed by atoms with E-state index in [0.29, 0.717) is 39.3 Å². The summed E-state index contributed by atoms with van der Waals surface area (Å²) >= 11 is 0. The maximum atomic E-state index is 11.5. The van der Waals surface area contributed by atoms with Crippen molar-refractivity contribution in [2.24, 2.45) is 0 Å². The van der Waals surface area contributed by atoms with E-state index in [1.807, 2.05) is 0 Å². The van der Waals surface area contributed by atoms with E-state index in [4.69, 9.17) is 0 Å². The first kappa shape index (κ1) is 9.22. The second-order valence-corrected chi connectivity index (χ2v) is 3.46. The Morgan fingerprint density at radius 3 is 1.00 bits per heavy atom. The predicted molar refractivity (Wildman–Crippen MR) is 43.7 cm³/mol. The lowest BCUT2D eigenvalue weighted by Crippen LogP contribution is -2.70. The highest BCUT2D eigenvalue weighted by molar-refractivity contribution is 5.85. The third kappa shape index (κ3) is 1.50. The smallest absolute Gasteiger partial charge is 0.129 e. The van der Waals surface area contributed by atoms with Crippen molar-refractivity contribution in [2.45, 2.75) is 0 Å². The summed E-state index contributed by atoms with van der Waals surface area (Å²) in [5.74, 6) is 0. The summed E-state index contributed by atoms with van der Waals surface area (Å²) in [4.78, 5) is 0. The van der Waals surface area contributed by atoms with E-state index in [1.54, 1.807) is 0 Å². The first-order valence-corrected chi connectivity index (χ1v) is 3.76. The molecule has 0 aromatic carbocycles. The fraction of sp³-hybridized carbons (Fsp3) is 1.00. The number of quaternary nitrogens is 2. The Hall–Kier alpha value is 0.130. The lowest BCUT2D eigenvalue weighted by Gasteiger charge is -2.59. The van der Waals surface area contributed by atoms with Crippen molar-refractivity contribution >= 4 is 12.4 Å². The number of hydrogen-bond donors (Lipinski definition) is 0. The molecule has 11 heavy (non-hydrogen) atoms. The summed E-state index contributed by atoms with van der Waals surface area (Å²) in [6.45, 7) is 3.27. The van der Waals surface area contributed by atoms with Gasteiger partial charge in [-0.15, -0.1) is 12.4 Å². The monoisotopic (exact) mass is 180 g/mol. The Bertz CT molecular complexity index is 122. The van der Waals surface area contributed by atoms with Crippen molar-refractivity contribution in [3.8, 4) is 0 Å². The van der Waals surface area contributed by atoms with Gasteiger partial charge in [0, 0.05) is 0 Å². The maximum absolute atomic E-state index is 11.5. The Kier molecular flexibility index (Phi) is 2.15. The van der Waals surface area contributed by atoms with Crippen LogP contribution in [0.4, 0.5) is 0 Å². The van der Waals surface area contributed by atoms with Gasteiger partial charge in [0.05, 0.1) is 0 Å². The minimum absolute atomic E-state index is 0. The molecule has 0 atom stereocenters. The van der Waals surface area contributed by atoms with Gasteiger partial charge in [0.2, 0.25) is 0 Å². The predicted octanol–water partition coefficient (Wildman–Crippen LogP) is 0.0646. The molecule has 0 aromatic heterocycles. The normalized spacial score (nSPS) is 48.5. The van der Waals surface area contributed by atoms with Crippen molar-refractivity contribution in [1.29, 1.82) is 0 Å². The summed E-state index contributed by atoms with van der Waals surface area (Å²) in [5, 5.41) is 22.9. The highest BCUT2D eigenvalue weighted by Crippen LogP contribution is 2.23. The van der Waals surface area contributed by atoms with E-state index in [1.165, 1.54) is 0 Å². The molecule has 0 N–H and O–H groups in total. The number of nitrogens with zero attached hydrogens (tertiary/aromatic N) is 2. The number of hydroxylamine groups is 6. The second-order valence-electron chi connectivity index (χ2n) is 3.46. The van der Waals surface area contributed by atoms with Gasteiger partial charge in [-0.1, -0.05) is 0 Å². The van der Waals surface area contributed by atoms with Crippen LogP contribution in [-0.2, 0) is 0 Å². The molecule has 0 radical (unpaired) electrons. The van der Waals surface area contributed by atoms with Gasteiger partial charge >= 0.3 is 0 Å². The molecule has 0 aromatic rings. The molecule has 5 heteroatoms. The average molecular weight is 181 g/mol. The molecule has 3 saturated heterocycles. The molecule has 0 unspecified atom stereocenters. The van der Waals surface area contributed by atoms with Crippen molar-refractivity contribution in [3.63, 3.8) is 0 Å². The van der Waals surface area contributed by atoms with Gasteiger partial charge in [-0.25, -0.2) is 0 Å². The van der Waals surface area contributed by atoms with Crippen LogP contribution in [0.5, 0.6) is 0 Å². The molecule has 3 aliphatic rings. The number of fused-ring (bicyclic) bond motifs is 3. The first-order chi connectivity index (χ1) is 4.62. The van der Waals surface area contributed by atoms with E-state index < -0.39 is 0 Å². The van der Waals surface area contributed by atoms with E-state index in [9.17, 15) is 10.4 Å². The van der Waals surface area contributed by atoms with Crippen LogP contribution in [0.25, 0.3) is 0 Å². The van der Waals surface area contributed by atoms with E-state index >= 15 is 0 Å². The molecule has 3 rings (SSSR count). The van der Waals surface area contributed by atoms with Crippen LogP contribution in [0.1, 0.15) is 0 Å². The van der Waals surface area contributed by atoms with Gasteiger partial charge in [-0.05, 0) is 0 Å². The number of piperazine rings is 3. The van der Waals surface area contributed by atoms with Gasteiger partial charge in [-0.2, -0.15) is 0 Å². The van der Waals surface area contributed by atoms with Crippen molar-refractivity contribution in [2.75, 3.05) is 39.3 Å². The second kappa shape index (κ2) is 2.57. The highest BCUT2D eigenvalue weighted by Gasteiger charge is 2.39. The quantitative estimate of drug-likeness (QED) is 0.391. The Morgan fingerprint density at radius 2 is 0.818 bits per heavy atom. The van der Waals surface area contributed by atoms with Gasteiger partial charge < -0.3 is 19.7 Å². The summed E-state index contributed by atoms with van der Waals surface area (Å²) in [6, 6.07) is 0. The fourth-order valence-electron chi connectivity index (χ4n) is 1.76. The topological polar surface area (TPSA) is 46.1 Å².